The molecular formula is C19H19N5O2. The lowest BCUT2D eigenvalue weighted by Crippen LogP contribution is -2.33. The fourth-order valence-corrected chi connectivity index (χ4v) is 2.65. The summed E-state index contributed by atoms with van der Waals surface area (Å²) in [6, 6.07) is 9.30. The standard InChI is InChI=1S/C19H19N5O2/c1-2-3-10-19(23-24-19)11-9-16(25)21-13-17(26)22-15-8-4-6-14-7-5-12-20-18(14)15/h1,4-8,12H,3,9-11,13H2,(H,21,25)(H,22,26). The van der Waals surface area contributed by atoms with Crippen molar-refractivity contribution < 1.29 is 9.59 Å². The number of pyridine rings is 1. The zero-order valence-electron chi connectivity index (χ0n) is 14.2. The second kappa shape index (κ2) is 7.74. The molecule has 0 saturated carbocycles. The van der Waals surface area contributed by atoms with Crippen LogP contribution in [0, 0.1) is 12.3 Å². The number of rotatable bonds is 8. The summed E-state index contributed by atoms with van der Waals surface area (Å²) in [4.78, 5) is 28.3. The number of carbonyl (C=O) groups excluding carboxylic acids is 2. The van der Waals surface area contributed by atoms with Gasteiger partial charge in [-0.25, -0.2) is 0 Å². The molecule has 1 aliphatic rings. The van der Waals surface area contributed by atoms with E-state index in [1.807, 2.05) is 24.3 Å². The number of benzene rings is 1. The first-order valence-electron chi connectivity index (χ1n) is 8.40. The van der Waals surface area contributed by atoms with Crippen LogP contribution in [-0.2, 0) is 9.59 Å². The number of hydrogen-bond acceptors (Lipinski definition) is 5. The maximum absolute atomic E-state index is 12.1. The van der Waals surface area contributed by atoms with Crippen LogP contribution in [0.25, 0.3) is 10.9 Å². The van der Waals surface area contributed by atoms with Crippen LogP contribution in [0.3, 0.4) is 0 Å². The SMILES string of the molecule is C#CCCC1(CCC(=O)NCC(=O)Nc2cccc3cccnc23)N=N1. The van der Waals surface area contributed by atoms with Crippen molar-refractivity contribution in [1.29, 1.82) is 0 Å². The summed E-state index contributed by atoms with van der Waals surface area (Å²) >= 11 is 0. The van der Waals surface area contributed by atoms with E-state index < -0.39 is 5.66 Å². The molecule has 0 spiro atoms. The van der Waals surface area contributed by atoms with Crippen molar-refractivity contribution in [2.24, 2.45) is 10.2 Å². The van der Waals surface area contributed by atoms with Gasteiger partial charge in [-0.3, -0.25) is 14.6 Å². The molecule has 2 heterocycles. The molecule has 2 aromatic rings. The Morgan fingerprint density at radius 2 is 1.92 bits per heavy atom. The molecule has 1 aliphatic heterocycles. The van der Waals surface area contributed by atoms with Crippen molar-refractivity contribution in [1.82, 2.24) is 10.3 Å². The Labute approximate surface area is 151 Å². The predicted octanol–water partition coefficient (Wildman–Crippen LogP) is 2.65. The summed E-state index contributed by atoms with van der Waals surface area (Å²) in [5.74, 6) is 2.03. The van der Waals surface area contributed by atoms with Gasteiger partial charge in [-0.1, -0.05) is 18.2 Å². The molecule has 0 radical (unpaired) electrons. The minimum absolute atomic E-state index is 0.103. The van der Waals surface area contributed by atoms with E-state index in [-0.39, 0.29) is 24.8 Å². The van der Waals surface area contributed by atoms with Crippen LogP contribution in [0.15, 0.2) is 46.8 Å². The van der Waals surface area contributed by atoms with Crippen LogP contribution in [0.1, 0.15) is 25.7 Å². The molecule has 0 fully saturated rings. The van der Waals surface area contributed by atoms with Gasteiger partial charge < -0.3 is 10.6 Å². The smallest absolute Gasteiger partial charge is 0.243 e. The van der Waals surface area contributed by atoms with Crippen molar-refractivity contribution in [2.45, 2.75) is 31.3 Å². The molecule has 1 aromatic heterocycles. The molecule has 2 amide bonds. The third-order valence-electron chi connectivity index (χ3n) is 4.16. The number of aromatic nitrogens is 1. The molecule has 0 atom stereocenters. The highest BCUT2D eigenvalue weighted by Gasteiger charge is 2.39. The fraction of sp³-hybridized carbons (Fsp3) is 0.316. The van der Waals surface area contributed by atoms with E-state index >= 15 is 0 Å². The van der Waals surface area contributed by atoms with E-state index in [2.05, 4.69) is 31.8 Å². The molecule has 0 aliphatic carbocycles. The van der Waals surface area contributed by atoms with Gasteiger partial charge in [0.1, 0.15) is 0 Å². The number of terminal acetylenes is 1. The molecule has 0 bridgehead atoms. The minimum atomic E-state index is -0.486. The molecule has 7 nitrogen and oxygen atoms in total. The lowest BCUT2D eigenvalue weighted by atomic mass is 10.0. The van der Waals surface area contributed by atoms with Gasteiger partial charge in [0, 0.05) is 37.3 Å². The second-order valence-corrected chi connectivity index (χ2v) is 6.09. The highest BCUT2D eigenvalue weighted by molar-refractivity contribution is 6.01. The number of nitrogens with zero attached hydrogens (tertiary/aromatic N) is 3. The highest BCUT2D eigenvalue weighted by atomic mass is 16.2. The van der Waals surface area contributed by atoms with E-state index in [0.717, 1.165) is 5.39 Å². The number of carbonyl (C=O) groups is 2. The van der Waals surface area contributed by atoms with Crippen LogP contribution in [0.4, 0.5) is 5.69 Å². The average molecular weight is 349 g/mol. The van der Waals surface area contributed by atoms with Crippen molar-refractivity contribution in [3.63, 3.8) is 0 Å². The second-order valence-electron chi connectivity index (χ2n) is 6.09. The van der Waals surface area contributed by atoms with Gasteiger partial charge in [0.25, 0.3) is 0 Å². The van der Waals surface area contributed by atoms with E-state index in [4.69, 9.17) is 6.42 Å². The summed E-state index contributed by atoms with van der Waals surface area (Å²) in [5, 5.41) is 14.3. The first kappa shape index (κ1) is 17.5. The Bertz CT molecular complexity index is 889. The van der Waals surface area contributed by atoms with Crippen molar-refractivity contribution in [3.05, 3.63) is 36.5 Å². The molecule has 7 heteroatoms. The monoisotopic (exact) mass is 349 g/mol. The van der Waals surface area contributed by atoms with Gasteiger partial charge >= 0.3 is 0 Å². The van der Waals surface area contributed by atoms with Crippen LogP contribution in [0.5, 0.6) is 0 Å². The van der Waals surface area contributed by atoms with Gasteiger partial charge in [0.15, 0.2) is 5.66 Å². The van der Waals surface area contributed by atoms with Gasteiger partial charge in [0.05, 0.1) is 17.7 Å². The van der Waals surface area contributed by atoms with Crippen LogP contribution >= 0.6 is 0 Å². The van der Waals surface area contributed by atoms with Gasteiger partial charge in [0.2, 0.25) is 11.8 Å². The zero-order chi connectivity index (χ0) is 18.4. The lowest BCUT2D eigenvalue weighted by Gasteiger charge is -2.10. The fourth-order valence-electron chi connectivity index (χ4n) is 2.65. The maximum Gasteiger partial charge on any atom is 0.243 e. The summed E-state index contributed by atoms with van der Waals surface area (Å²) in [7, 11) is 0. The Balaban J connectivity index is 1.45. The first-order valence-corrected chi connectivity index (χ1v) is 8.40. The molecular weight excluding hydrogens is 330 g/mol. The van der Waals surface area contributed by atoms with Crippen LogP contribution in [0.2, 0.25) is 0 Å². The van der Waals surface area contributed by atoms with Crippen molar-refractivity contribution in [3.8, 4) is 12.3 Å². The lowest BCUT2D eigenvalue weighted by molar-refractivity contribution is -0.124. The van der Waals surface area contributed by atoms with E-state index in [9.17, 15) is 9.59 Å². The Morgan fingerprint density at radius 3 is 2.69 bits per heavy atom. The molecule has 0 unspecified atom stereocenters. The summed E-state index contributed by atoms with van der Waals surface area (Å²) in [6.07, 6.45) is 8.90. The normalized spacial score (nSPS) is 13.8. The molecule has 1 aromatic carbocycles. The highest BCUT2D eigenvalue weighted by Crippen LogP contribution is 2.37. The predicted molar refractivity (Wildman–Crippen MR) is 98.3 cm³/mol. The van der Waals surface area contributed by atoms with Crippen molar-refractivity contribution in [2.75, 3.05) is 11.9 Å². The molecule has 132 valence electrons. The van der Waals surface area contributed by atoms with Crippen LogP contribution in [-0.4, -0.2) is 29.0 Å². The summed E-state index contributed by atoms with van der Waals surface area (Å²) in [6.45, 7) is -0.103. The van der Waals surface area contributed by atoms with E-state index in [1.54, 1.807) is 12.3 Å². The molecule has 0 saturated heterocycles. The Morgan fingerprint density at radius 1 is 1.12 bits per heavy atom. The number of amides is 2. The Kier molecular flexibility index (Phi) is 5.23. The third-order valence-corrected chi connectivity index (χ3v) is 4.16. The maximum atomic E-state index is 12.1. The average Bonchev–Trinajstić information content (AvgIpc) is 3.44. The van der Waals surface area contributed by atoms with E-state index in [1.165, 1.54) is 0 Å². The number of nitrogens with one attached hydrogen (secondary N) is 2. The van der Waals surface area contributed by atoms with Gasteiger partial charge in [-0.2, -0.15) is 10.2 Å². The quantitative estimate of drug-likeness (QED) is 0.717. The number of hydrogen-bond donors (Lipinski definition) is 2. The topological polar surface area (TPSA) is 95.8 Å². The zero-order valence-corrected chi connectivity index (χ0v) is 14.2. The van der Waals surface area contributed by atoms with Gasteiger partial charge in [-0.05, 0) is 12.1 Å². The molecule has 3 rings (SSSR count). The molecule has 2 N–H and O–H groups in total. The number of anilines is 1. The van der Waals surface area contributed by atoms with E-state index in [0.29, 0.717) is 30.5 Å². The van der Waals surface area contributed by atoms with Gasteiger partial charge in [-0.15, -0.1) is 12.3 Å². The molecule has 26 heavy (non-hydrogen) atoms. The Hall–Kier alpha value is -3.27. The first-order chi connectivity index (χ1) is 12.6. The summed E-state index contributed by atoms with van der Waals surface area (Å²) in [5.41, 5.74) is 0.842. The third kappa shape index (κ3) is 4.42. The summed E-state index contributed by atoms with van der Waals surface area (Å²) < 4.78 is 0. The minimum Gasteiger partial charge on any atom is -0.347 e. The van der Waals surface area contributed by atoms with Crippen LogP contribution < -0.4 is 10.6 Å². The largest absolute Gasteiger partial charge is 0.347 e. The number of fused-ring (bicyclic) bond motifs is 1. The number of para-hydroxylation sites is 1. The van der Waals surface area contributed by atoms with Crippen molar-refractivity contribution >= 4 is 28.4 Å².